The molecule has 2 heterocycles. The molecule has 0 unspecified atom stereocenters. The van der Waals surface area contributed by atoms with E-state index in [4.69, 9.17) is 11.6 Å². The van der Waals surface area contributed by atoms with Crippen LogP contribution in [0, 0.1) is 0 Å². The first-order valence-electron chi connectivity index (χ1n) is 5.09. The molecule has 1 aliphatic rings. The molecule has 0 N–H and O–H groups in total. The smallest absolute Gasteiger partial charge is 0.236 e. The van der Waals surface area contributed by atoms with Crippen molar-refractivity contribution in [3.8, 4) is 0 Å². The summed E-state index contributed by atoms with van der Waals surface area (Å²) in [6, 6.07) is 0. The topological polar surface area (TPSA) is 49.3 Å². The molecule has 0 aliphatic carbocycles. The summed E-state index contributed by atoms with van der Waals surface area (Å²) in [5, 5.41) is 8.57. The molecule has 1 amide bonds. The number of likely N-dealkylation sites (N-methyl/N-ethyl adjacent to an activating group) is 1. The third-order valence-corrected chi connectivity index (χ3v) is 3.56. The van der Waals surface area contributed by atoms with Crippen molar-refractivity contribution in [3.63, 3.8) is 0 Å². The fourth-order valence-corrected chi connectivity index (χ4v) is 2.58. The zero-order valence-corrected chi connectivity index (χ0v) is 10.6. The van der Waals surface area contributed by atoms with Gasteiger partial charge in [0.2, 0.25) is 10.4 Å². The third kappa shape index (κ3) is 2.90. The molecule has 0 radical (unpaired) electrons. The molecule has 0 spiro atoms. The lowest BCUT2D eigenvalue weighted by molar-refractivity contribution is -0.129. The number of aromatic nitrogens is 2. The number of carbonyl (C=O) groups is 1. The zero-order valence-electron chi connectivity index (χ0n) is 9.02. The summed E-state index contributed by atoms with van der Waals surface area (Å²) in [5.41, 5.74) is 0. The molecule has 0 bridgehead atoms. The molecular formula is C9H13ClN4OS. The highest BCUT2D eigenvalue weighted by molar-refractivity contribution is 7.15. The minimum absolute atomic E-state index is 0.160. The second-order valence-electron chi connectivity index (χ2n) is 3.83. The lowest BCUT2D eigenvalue weighted by atomic mass is 10.4. The van der Waals surface area contributed by atoms with Crippen LogP contribution >= 0.6 is 22.9 Å². The Labute approximate surface area is 103 Å². The molecule has 0 aromatic carbocycles. The predicted molar refractivity (Wildman–Crippen MR) is 62.5 cm³/mol. The summed E-state index contributed by atoms with van der Waals surface area (Å²) in [6.07, 6.45) is 0.995. The Bertz CT molecular complexity index is 383. The first-order chi connectivity index (χ1) is 7.65. The van der Waals surface area contributed by atoms with Crippen LogP contribution in [0.1, 0.15) is 11.4 Å². The van der Waals surface area contributed by atoms with E-state index < -0.39 is 0 Å². The summed E-state index contributed by atoms with van der Waals surface area (Å²) in [4.78, 5) is 15.5. The molecule has 88 valence electrons. The highest BCUT2D eigenvalue weighted by atomic mass is 35.5. The van der Waals surface area contributed by atoms with Crippen molar-refractivity contribution >= 4 is 28.8 Å². The van der Waals surface area contributed by atoms with Crippen LogP contribution in [-0.2, 0) is 11.3 Å². The van der Waals surface area contributed by atoms with E-state index in [1.807, 2.05) is 7.05 Å². The lowest BCUT2D eigenvalue weighted by Crippen LogP contribution is -2.34. The lowest BCUT2D eigenvalue weighted by Gasteiger charge is -2.17. The molecule has 1 aromatic heterocycles. The van der Waals surface area contributed by atoms with Gasteiger partial charge in [-0.05, 0) is 18.0 Å². The van der Waals surface area contributed by atoms with Crippen molar-refractivity contribution in [2.24, 2.45) is 0 Å². The maximum atomic E-state index is 11.6. The molecule has 16 heavy (non-hydrogen) atoms. The molecule has 1 aliphatic heterocycles. The summed E-state index contributed by atoms with van der Waals surface area (Å²) in [5.74, 6) is 0.160. The molecular weight excluding hydrogens is 248 g/mol. The van der Waals surface area contributed by atoms with Gasteiger partial charge in [-0.1, -0.05) is 11.3 Å². The van der Waals surface area contributed by atoms with E-state index >= 15 is 0 Å². The Kier molecular flexibility index (Phi) is 3.73. The average Bonchev–Trinajstić information content (AvgIpc) is 2.56. The second-order valence-corrected chi connectivity index (χ2v) is 5.47. The van der Waals surface area contributed by atoms with E-state index in [0.717, 1.165) is 24.5 Å². The minimum Gasteiger partial charge on any atom is -0.345 e. The van der Waals surface area contributed by atoms with Crippen LogP contribution in [0.25, 0.3) is 0 Å². The van der Waals surface area contributed by atoms with Gasteiger partial charge in [-0.25, -0.2) is 0 Å². The van der Waals surface area contributed by atoms with Crippen LogP contribution in [0.2, 0.25) is 4.47 Å². The van der Waals surface area contributed by atoms with Crippen LogP contribution in [0.4, 0.5) is 0 Å². The SMILES string of the molecule is CN1CCCN(Cc2nnc(Cl)s2)CC1=O. The highest BCUT2D eigenvalue weighted by Crippen LogP contribution is 2.17. The maximum absolute atomic E-state index is 11.6. The zero-order chi connectivity index (χ0) is 11.5. The second kappa shape index (κ2) is 5.07. The van der Waals surface area contributed by atoms with Gasteiger partial charge in [0.15, 0.2) is 0 Å². The normalized spacial score (nSPS) is 18.9. The van der Waals surface area contributed by atoms with Gasteiger partial charge in [-0.2, -0.15) is 0 Å². The van der Waals surface area contributed by atoms with Crippen LogP contribution in [0.5, 0.6) is 0 Å². The van der Waals surface area contributed by atoms with Crippen LogP contribution in [0.3, 0.4) is 0 Å². The third-order valence-electron chi connectivity index (χ3n) is 2.55. The highest BCUT2D eigenvalue weighted by Gasteiger charge is 2.19. The van der Waals surface area contributed by atoms with Crippen LogP contribution in [-0.4, -0.2) is 52.6 Å². The van der Waals surface area contributed by atoms with Gasteiger partial charge < -0.3 is 4.90 Å². The largest absolute Gasteiger partial charge is 0.345 e. The van der Waals surface area contributed by atoms with Gasteiger partial charge in [-0.15, -0.1) is 10.2 Å². The Morgan fingerprint density at radius 2 is 2.25 bits per heavy atom. The molecule has 1 fully saturated rings. The summed E-state index contributed by atoms with van der Waals surface area (Å²) in [7, 11) is 1.84. The fraction of sp³-hybridized carbons (Fsp3) is 0.667. The summed E-state index contributed by atoms with van der Waals surface area (Å²) < 4.78 is 0.452. The van der Waals surface area contributed by atoms with Gasteiger partial charge in [0.25, 0.3) is 0 Å². The average molecular weight is 261 g/mol. The quantitative estimate of drug-likeness (QED) is 0.791. The van der Waals surface area contributed by atoms with Crippen molar-refractivity contribution in [2.45, 2.75) is 13.0 Å². The molecule has 1 aromatic rings. The Morgan fingerprint density at radius 1 is 1.44 bits per heavy atom. The molecule has 7 heteroatoms. The number of hydrogen-bond acceptors (Lipinski definition) is 5. The van der Waals surface area contributed by atoms with Crippen LogP contribution in [0.15, 0.2) is 0 Å². The van der Waals surface area contributed by atoms with Gasteiger partial charge in [-0.3, -0.25) is 9.69 Å². The minimum atomic E-state index is 0.160. The van der Waals surface area contributed by atoms with E-state index in [-0.39, 0.29) is 5.91 Å². The molecule has 5 nitrogen and oxygen atoms in total. The molecule has 0 saturated carbocycles. The van der Waals surface area contributed by atoms with Gasteiger partial charge in [0.05, 0.1) is 13.1 Å². The van der Waals surface area contributed by atoms with Crippen molar-refractivity contribution in [2.75, 3.05) is 26.7 Å². The first kappa shape index (κ1) is 11.8. The number of rotatable bonds is 2. The number of amides is 1. The molecule has 0 atom stereocenters. The van der Waals surface area contributed by atoms with Crippen molar-refractivity contribution < 1.29 is 4.79 Å². The van der Waals surface area contributed by atoms with E-state index in [2.05, 4.69) is 15.1 Å². The number of halogens is 1. The van der Waals surface area contributed by atoms with Crippen molar-refractivity contribution in [1.29, 1.82) is 0 Å². The van der Waals surface area contributed by atoms with E-state index in [1.54, 1.807) is 4.90 Å². The summed E-state index contributed by atoms with van der Waals surface area (Å²) >= 11 is 7.08. The number of nitrogens with zero attached hydrogens (tertiary/aromatic N) is 4. The van der Waals surface area contributed by atoms with E-state index in [1.165, 1.54) is 11.3 Å². The molecule has 1 saturated heterocycles. The first-order valence-corrected chi connectivity index (χ1v) is 6.29. The standard InChI is InChI=1S/C9H13ClN4OS/c1-13-3-2-4-14(6-8(13)15)5-7-11-12-9(10)16-7/h2-6H2,1H3. The van der Waals surface area contributed by atoms with E-state index in [9.17, 15) is 4.79 Å². The Hall–Kier alpha value is -0.720. The fourth-order valence-electron chi connectivity index (χ4n) is 1.67. The van der Waals surface area contributed by atoms with Gasteiger partial charge in [0, 0.05) is 20.1 Å². The van der Waals surface area contributed by atoms with Crippen LogP contribution < -0.4 is 0 Å². The Morgan fingerprint density at radius 3 is 2.94 bits per heavy atom. The predicted octanol–water partition coefficient (Wildman–Crippen LogP) is 0.856. The van der Waals surface area contributed by atoms with Crippen molar-refractivity contribution in [3.05, 3.63) is 9.47 Å². The maximum Gasteiger partial charge on any atom is 0.236 e. The number of carbonyl (C=O) groups excluding carboxylic acids is 1. The summed E-state index contributed by atoms with van der Waals surface area (Å²) in [6.45, 7) is 2.84. The molecule has 2 rings (SSSR count). The van der Waals surface area contributed by atoms with Gasteiger partial charge in [0.1, 0.15) is 5.01 Å². The number of hydrogen-bond donors (Lipinski definition) is 0. The Balaban J connectivity index is 1.97. The monoisotopic (exact) mass is 260 g/mol. The van der Waals surface area contributed by atoms with Crippen molar-refractivity contribution in [1.82, 2.24) is 20.0 Å². The van der Waals surface area contributed by atoms with Gasteiger partial charge >= 0.3 is 0 Å². The van der Waals surface area contributed by atoms with E-state index in [0.29, 0.717) is 17.6 Å².